The monoisotopic (exact) mass is 233 g/mol. The van der Waals surface area contributed by atoms with Crippen LogP contribution in [0.3, 0.4) is 0 Å². The molecule has 0 amide bonds. The third-order valence-corrected chi connectivity index (χ3v) is 3.77. The maximum Gasteiger partial charge on any atom is 0.0794 e. The van der Waals surface area contributed by atoms with E-state index in [-0.39, 0.29) is 6.10 Å². The summed E-state index contributed by atoms with van der Waals surface area (Å²) in [5.74, 6) is 0.715. The van der Waals surface area contributed by atoms with Crippen molar-refractivity contribution >= 4 is 0 Å². The Labute approximate surface area is 104 Å². The van der Waals surface area contributed by atoms with Crippen molar-refractivity contribution in [1.82, 2.24) is 4.98 Å². The van der Waals surface area contributed by atoms with Crippen LogP contribution in [0.1, 0.15) is 61.6 Å². The molecule has 1 aromatic rings. The largest absolute Gasteiger partial charge is 0.388 e. The van der Waals surface area contributed by atoms with Crippen LogP contribution in [0.5, 0.6) is 0 Å². The Bertz CT molecular complexity index is 349. The van der Waals surface area contributed by atoms with Crippen molar-refractivity contribution in [2.45, 2.75) is 58.5 Å². The van der Waals surface area contributed by atoms with Crippen molar-refractivity contribution in [2.75, 3.05) is 0 Å². The fraction of sp³-hybridized carbons (Fsp3) is 0.667. The molecule has 0 bridgehead atoms. The van der Waals surface area contributed by atoms with Crippen LogP contribution < -0.4 is 0 Å². The van der Waals surface area contributed by atoms with Crippen LogP contribution in [0.4, 0.5) is 0 Å². The Kier molecular flexibility index (Phi) is 4.16. The van der Waals surface area contributed by atoms with Crippen molar-refractivity contribution in [1.29, 1.82) is 0 Å². The number of aromatic nitrogens is 1. The topological polar surface area (TPSA) is 33.1 Å². The van der Waals surface area contributed by atoms with Gasteiger partial charge in [-0.3, -0.25) is 4.98 Å². The maximum atomic E-state index is 10.3. The van der Waals surface area contributed by atoms with Gasteiger partial charge in [0.25, 0.3) is 0 Å². The molecule has 94 valence electrons. The smallest absolute Gasteiger partial charge is 0.0794 e. The molecule has 1 aliphatic carbocycles. The van der Waals surface area contributed by atoms with Crippen LogP contribution in [-0.4, -0.2) is 10.1 Å². The summed E-state index contributed by atoms with van der Waals surface area (Å²) in [7, 11) is 0. The van der Waals surface area contributed by atoms with Crippen LogP contribution >= 0.6 is 0 Å². The van der Waals surface area contributed by atoms with Crippen molar-refractivity contribution in [3.8, 4) is 0 Å². The summed E-state index contributed by atoms with van der Waals surface area (Å²) in [6, 6.07) is 4.03. The minimum atomic E-state index is -0.307. The summed E-state index contributed by atoms with van der Waals surface area (Å²) in [4.78, 5) is 4.35. The average Bonchev–Trinajstić information content (AvgIpc) is 2.29. The first kappa shape index (κ1) is 12.6. The van der Waals surface area contributed by atoms with Crippen molar-refractivity contribution in [3.63, 3.8) is 0 Å². The molecule has 1 N–H and O–H groups in total. The quantitative estimate of drug-likeness (QED) is 0.863. The van der Waals surface area contributed by atoms with Crippen LogP contribution in [0.25, 0.3) is 0 Å². The Morgan fingerprint density at radius 1 is 1.18 bits per heavy atom. The van der Waals surface area contributed by atoms with Gasteiger partial charge in [-0.25, -0.2) is 0 Å². The molecule has 1 aromatic heterocycles. The highest BCUT2D eigenvalue weighted by Crippen LogP contribution is 2.31. The zero-order chi connectivity index (χ0) is 12.3. The Hall–Kier alpha value is -0.890. The first-order valence-electron chi connectivity index (χ1n) is 6.78. The van der Waals surface area contributed by atoms with E-state index in [1.54, 1.807) is 0 Å². The second kappa shape index (κ2) is 5.63. The van der Waals surface area contributed by atoms with E-state index in [4.69, 9.17) is 0 Å². The van der Waals surface area contributed by atoms with Gasteiger partial charge in [-0.05, 0) is 43.9 Å². The fourth-order valence-electron chi connectivity index (χ4n) is 2.93. The lowest BCUT2D eigenvalue weighted by Crippen LogP contribution is -2.11. The fourth-order valence-corrected chi connectivity index (χ4v) is 2.93. The summed E-state index contributed by atoms with van der Waals surface area (Å²) in [5.41, 5.74) is 3.05. The average molecular weight is 233 g/mol. The van der Waals surface area contributed by atoms with E-state index in [1.807, 2.05) is 26.0 Å². The standard InChI is InChI=1S/C15H23NO/c1-11-8-14(9-12(2)16-11)15(17)10-13-6-4-3-5-7-13/h8-9,13,15,17H,3-7,10H2,1-2H3. The first-order valence-corrected chi connectivity index (χ1v) is 6.78. The summed E-state index contributed by atoms with van der Waals surface area (Å²) in [5, 5.41) is 10.3. The number of pyridine rings is 1. The molecule has 1 fully saturated rings. The Morgan fingerprint density at radius 2 is 1.76 bits per heavy atom. The highest BCUT2D eigenvalue weighted by molar-refractivity contribution is 5.22. The van der Waals surface area contributed by atoms with Gasteiger partial charge < -0.3 is 5.11 Å². The molecule has 0 aliphatic heterocycles. The van der Waals surface area contributed by atoms with Crippen LogP contribution in [0.2, 0.25) is 0 Å². The van der Waals surface area contributed by atoms with Gasteiger partial charge in [-0.1, -0.05) is 32.1 Å². The third kappa shape index (κ3) is 3.53. The van der Waals surface area contributed by atoms with Gasteiger partial charge in [-0.15, -0.1) is 0 Å². The van der Waals surface area contributed by atoms with Crippen molar-refractivity contribution < 1.29 is 5.11 Å². The molecule has 0 radical (unpaired) electrons. The normalized spacial score (nSPS) is 19.2. The highest BCUT2D eigenvalue weighted by Gasteiger charge is 2.18. The predicted molar refractivity (Wildman–Crippen MR) is 69.9 cm³/mol. The van der Waals surface area contributed by atoms with Gasteiger partial charge in [-0.2, -0.15) is 0 Å². The lowest BCUT2D eigenvalue weighted by Gasteiger charge is -2.24. The van der Waals surface area contributed by atoms with Gasteiger partial charge in [0, 0.05) is 11.4 Å². The van der Waals surface area contributed by atoms with E-state index in [1.165, 1.54) is 32.1 Å². The lowest BCUT2D eigenvalue weighted by atomic mass is 9.84. The molecule has 0 spiro atoms. The summed E-state index contributed by atoms with van der Waals surface area (Å²) >= 11 is 0. The second-order valence-electron chi connectivity index (χ2n) is 5.44. The summed E-state index contributed by atoms with van der Waals surface area (Å²) in [6.45, 7) is 3.98. The maximum absolute atomic E-state index is 10.3. The number of rotatable bonds is 3. The molecule has 0 aromatic carbocycles. The first-order chi connectivity index (χ1) is 8.15. The molecular weight excluding hydrogens is 210 g/mol. The molecule has 0 saturated heterocycles. The minimum Gasteiger partial charge on any atom is -0.388 e. The number of hydrogen-bond donors (Lipinski definition) is 1. The molecule has 1 unspecified atom stereocenters. The van der Waals surface area contributed by atoms with Gasteiger partial charge in [0.05, 0.1) is 6.10 Å². The number of aliphatic hydroxyl groups excluding tert-OH is 1. The molecule has 17 heavy (non-hydrogen) atoms. The lowest BCUT2D eigenvalue weighted by molar-refractivity contribution is 0.131. The molecular formula is C15H23NO. The second-order valence-corrected chi connectivity index (χ2v) is 5.44. The Morgan fingerprint density at radius 3 is 2.35 bits per heavy atom. The van der Waals surface area contributed by atoms with E-state index < -0.39 is 0 Å². The zero-order valence-corrected chi connectivity index (χ0v) is 10.9. The van der Waals surface area contributed by atoms with Crippen LogP contribution in [0.15, 0.2) is 12.1 Å². The van der Waals surface area contributed by atoms with Crippen LogP contribution in [-0.2, 0) is 0 Å². The number of aryl methyl sites for hydroxylation is 2. The molecule has 1 atom stereocenters. The minimum absolute atomic E-state index is 0.307. The van der Waals surface area contributed by atoms with E-state index in [0.717, 1.165) is 23.4 Å². The van der Waals surface area contributed by atoms with E-state index >= 15 is 0 Å². The predicted octanol–water partition coefficient (Wildman–Crippen LogP) is 3.70. The molecule has 1 aliphatic rings. The molecule has 1 saturated carbocycles. The highest BCUT2D eigenvalue weighted by atomic mass is 16.3. The molecule has 2 heteroatoms. The van der Waals surface area contributed by atoms with Crippen LogP contribution in [0, 0.1) is 19.8 Å². The number of aliphatic hydroxyl groups is 1. The Balaban J connectivity index is 2.00. The van der Waals surface area contributed by atoms with E-state index in [2.05, 4.69) is 4.98 Å². The van der Waals surface area contributed by atoms with Gasteiger partial charge >= 0.3 is 0 Å². The van der Waals surface area contributed by atoms with Gasteiger partial charge in [0.2, 0.25) is 0 Å². The van der Waals surface area contributed by atoms with Gasteiger partial charge in [0.15, 0.2) is 0 Å². The van der Waals surface area contributed by atoms with Gasteiger partial charge in [0.1, 0.15) is 0 Å². The third-order valence-electron chi connectivity index (χ3n) is 3.77. The molecule has 2 nitrogen and oxygen atoms in total. The summed E-state index contributed by atoms with van der Waals surface area (Å²) < 4.78 is 0. The van der Waals surface area contributed by atoms with Crippen molar-refractivity contribution in [2.24, 2.45) is 5.92 Å². The number of hydrogen-bond acceptors (Lipinski definition) is 2. The van der Waals surface area contributed by atoms with E-state index in [9.17, 15) is 5.11 Å². The summed E-state index contributed by atoms with van der Waals surface area (Å²) in [6.07, 6.45) is 7.25. The number of nitrogens with zero attached hydrogens (tertiary/aromatic N) is 1. The van der Waals surface area contributed by atoms with Crippen molar-refractivity contribution in [3.05, 3.63) is 29.1 Å². The SMILES string of the molecule is Cc1cc(C(O)CC2CCCCC2)cc(C)n1. The zero-order valence-electron chi connectivity index (χ0n) is 10.9. The molecule has 2 rings (SSSR count). The van der Waals surface area contributed by atoms with E-state index in [0.29, 0.717) is 5.92 Å². The molecule has 1 heterocycles.